The van der Waals surface area contributed by atoms with Gasteiger partial charge in [0.15, 0.2) is 0 Å². The van der Waals surface area contributed by atoms with E-state index >= 15 is 0 Å². The molecule has 1 saturated carbocycles. The van der Waals surface area contributed by atoms with E-state index in [9.17, 15) is 5.11 Å². The van der Waals surface area contributed by atoms with Crippen molar-refractivity contribution in [3.63, 3.8) is 0 Å². The lowest BCUT2D eigenvalue weighted by Crippen LogP contribution is -2.10. The van der Waals surface area contributed by atoms with Crippen LogP contribution in [0.15, 0.2) is 35.7 Å². The average Bonchev–Trinajstić information content (AvgIpc) is 2.97. The normalized spacial score (nSPS) is 23.9. The zero-order valence-corrected chi connectivity index (χ0v) is 13.4. The Morgan fingerprint density at radius 1 is 1.19 bits per heavy atom. The van der Waals surface area contributed by atoms with E-state index in [2.05, 4.69) is 12.3 Å². The standard InChI is InChI=1S/C18H23NOS/c1-13-7-9-15(10-8-13)18-19-16(12-21-18)11-17(20)14-5-3-2-4-6-14/h2-6,12-13,15,17,20H,7-11H2,1H3. The summed E-state index contributed by atoms with van der Waals surface area (Å²) in [6.07, 6.45) is 5.36. The second-order valence-corrected chi connectivity index (χ2v) is 7.15. The van der Waals surface area contributed by atoms with Gasteiger partial charge in [-0.25, -0.2) is 4.98 Å². The van der Waals surface area contributed by atoms with Crippen molar-refractivity contribution in [1.82, 2.24) is 4.98 Å². The van der Waals surface area contributed by atoms with Gasteiger partial charge < -0.3 is 5.11 Å². The van der Waals surface area contributed by atoms with Crippen LogP contribution in [0, 0.1) is 5.92 Å². The molecule has 0 saturated heterocycles. The van der Waals surface area contributed by atoms with Gasteiger partial charge in [0.2, 0.25) is 0 Å². The summed E-state index contributed by atoms with van der Waals surface area (Å²) in [6.45, 7) is 2.35. The topological polar surface area (TPSA) is 33.1 Å². The van der Waals surface area contributed by atoms with E-state index in [1.165, 1.54) is 30.7 Å². The van der Waals surface area contributed by atoms with E-state index in [0.29, 0.717) is 12.3 Å². The molecule has 0 aliphatic heterocycles. The number of benzene rings is 1. The van der Waals surface area contributed by atoms with Gasteiger partial charge in [-0.15, -0.1) is 11.3 Å². The molecule has 0 amide bonds. The highest BCUT2D eigenvalue weighted by molar-refractivity contribution is 7.09. The molecule has 1 unspecified atom stereocenters. The third-order valence-corrected chi connectivity index (χ3v) is 5.58. The summed E-state index contributed by atoms with van der Waals surface area (Å²) in [4.78, 5) is 4.78. The van der Waals surface area contributed by atoms with Crippen LogP contribution in [0.25, 0.3) is 0 Å². The Balaban J connectivity index is 1.63. The number of hydrogen-bond donors (Lipinski definition) is 1. The second-order valence-electron chi connectivity index (χ2n) is 6.26. The fraction of sp³-hybridized carbons (Fsp3) is 0.500. The number of nitrogens with zero attached hydrogens (tertiary/aromatic N) is 1. The maximum absolute atomic E-state index is 10.3. The lowest BCUT2D eigenvalue weighted by Gasteiger charge is -2.24. The molecule has 1 atom stereocenters. The van der Waals surface area contributed by atoms with Gasteiger partial charge in [0, 0.05) is 17.7 Å². The molecular formula is C18H23NOS. The zero-order valence-electron chi connectivity index (χ0n) is 12.5. The fourth-order valence-electron chi connectivity index (χ4n) is 3.10. The molecular weight excluding hydrogens is 278 g/mol. The van der Waals surface area contributed by atoms with Gasteiger partial charge in [0.1, 0.15) is 0 Å². The highest BCUT2D eigenvalue weighted by Gasteiger charge is 2.22. The highest BCUT2D eigenvalue weighted by Crippen LogP contribution is 2.37. The van der Waals surface area contributed by atoms with Crippen LogP contribution in [0.3, 0.4) is 0 Å². The lowest BCUT2D eigenvalue weighted by molar-refractivity contribution is 0.177. The van der Waals surface area contributed by atoms with E-state index in [0.717, 1.165) is 17.2 Å². The van der Waals surface area contributed by atoms with Crippen molar-refractivity contribution in [3.8, 4) is 0 Å². The van der Waals surface area contributed by atoms with Crippen molar-refractivity contribution < 1.29 is 5.11 Å². The molecule has 1 heterocycles. The number of aliphatic hydroxyl groups is 1. The summed E-state index contributed by atoms with van der Waals surface area (Å²) >= 11 is 1.77. The Bertz CT molecular complexity index is 558. The van der Waals surface area contributed by atoms with Gasteiger partial charge in [0.25, 0.3) is 0 Å². The number of thiazole rings is 1. The Morgan fingerprint density at radius 3 is 2.62 bits per heavy atom. The number of rotatable bonds is 4. The Kier molecular flexibility index (Phi) is 4.71. The van der Waals surface area contributed by atoms with Crippen LogP contribution >= 0.6 is 11.3 Å². The van der Waals surface area contributed by atoms with Crippen LogP contribution in [-0.4, -0.2) is 10.1 Å². The van der Waals surface area contributed by atoms with E-state index in [1.807, 2.05) is 30.3 Å². The van der Waals surface area contributed by atoms with E-state index in [-0.39, 0.29) is 0 Å². The molecule has 2 aromatic rings. The molecule has 0 spiro atoms. The maximum Gasteiger partial charge on any atom is 0.0959 e. The monoisotopic (exact) mass is 301 g/mol. The summed E-state index contributed by atoms with van der Waals surface area (Å²) in [5, 5.41) is 13.7. The molecule has 1 aliphatic rings. The largest absolute Gasteiger partial charge is 0.388 e. The molecule has 0 bridgehead atoms. The quantitative estimate of drug-likeness (QED) is 0.887. The zero-order chi connectivity index (χ0) is 14.7. The van der Waals surface area contributed by atoms with Crippen LogP contribution < -0.4 is 0 Å². The molecule has 1 N–H and O–H groups in total. The summed E-state index contributed by atoms with van der Waals surface area (Å²) in [6, 6.07) is 9.85. The molecule has 1 fully saturated rings. The molecule has 1 aromatic heterocycles. The SMILES string of the molecule is CC1CCC(c2nc(CC(O)c3ccccc3)cs2)CC1. The Morgan fingerprint density at radius 2 is 1.90 bits per heavy atom. The van der Waals surface area contributed by atoms with Gasteiger partial charge in [0.05, 0.1) is 16.8 Å². The first kappa shape index (κ1) is 14.7. The highest BCUT2D eigenvalue weighted by atomic mass is 32.1. The van der Waals surface area contributed by atoms with Crippen LogP contribution in [-0.2, 0) is 6.42 Å². The first-order chi connectivity index (χ1) is 10.2. The van der Waals surface area contributed by atoms with Crippen LogP contribution in [0.5, 0.6) is 0 Å². The fourth-order valence-corrected chi connectivity index (χ4v) is 4.11. The Hall–Kier alpha value is -1.19. The van der Waals surface area contributed by atoms with Gasteiger partial charge in [-0.3, -0.25) is 0 Å². The first-order valence-corrected chi connectivity index (χ1v) is 8.77. The Labute approximate surface area is 130 Å². The summed E-state index contributed by atoms with van der Waals surface area (Å²) in [7, 11) is 0. The number of aliphatic hydroxyl groups excluding tert-OH is 1. The third-order valence-electron chi connectivity index (χ3n) is 4.52. The minimum Gasteiger partial charge on any atom is -0.388 e. The minimum absolute atomic E-state index is 0.451. The van der Waals surface area contributed by atoms with Crippen molar-refractivity contribution in [1.29, 1.82) is 0 Å². The van der Waals surface area contributed by atoms with E-state index in [1.54, 1.807) is 11.3 Å². The predicted octanol–water partition coefficient (Wildman–Crippen LogP) is 4.71. The van der Waals surface area contributed by atoms with Gasteiger partial charge >= 0.3 is 0 Å². The molecule has 1 aromatic carbocycles. The second kappa shape index (κ2) is 6.71. The van der Waals surface area contributed by atoms with Gasteiger partial charge in [-0.05, 0) is 24.3 Å². The van der Waals surface area contributed by atoms with Crippen LogP contribution in [0.2, 0.25) is 0 Å². The van der Waals surface area contributed by atoms with E-state index in [4.69, 9.17) is 4.98 Å². The average molecular weight is 301 g/mol. The third kappa shape index (κ3) is 3.72. The smallest absolute Gasteiger partial charge is 0.0959 e. The predicted molar refractivity (Wildman–Crippen MR) is 87.6 cm³/mol. The van der Waals surface area contributed by atoms with Gasteiger partial charge in [-0.2, -0.15) is 0 Å². The first-order valence-electron chi connectivity index (χ1n) is 7.89. The minimum atomic E-state index is -0.451. The summed E-state index contributed by atoms with van der Waals surface area (Å²) < 4.78 is 0. The van der Waals surface area contributed by atoms with Crippen molar-refractivity contribution >= 4 is 11.3 Å². The number of hydrogen-bond acceptors (Lipinski definition) is 3. The lowest BCUT2D eigenvalue weighted by atomic mass is 9.83. The molecule has 21 heavy (non-hydrogen) atoms. The van der Waals surface area contributed by atoms with Crippen molar-refractivity contribution in [2.75, 3.05) is 0 Å². The molecule has 0 radical (unpaired) electrons. The molecule has 3 heteroatoms. The molecule has 3 rings (SSSR count). The molecule has 2 nitrogen and oxygen atoms in total. The van der Waals surface area contributed by atoms with Gasteiger partial charge in [-0.1, -0.05) is 50.1 Å². The summed E-state index contributed by atoms with van der Waals surface area (Å²) in [5.74, 6) is 1.52. The van der Waals surface area contributed by atoms with Crippen molar-refractivity contribution in [2.45, 2.75) is 51.0 Å². The van der Waals surface area contributed by atoms with Crippen molar-refractivity contribution in [2.24, 2.45) is 5.92 Å². The summed E-state index contributed by atoms with van der Waals surface area (Å²) in [5.41, 5.74) is 2.00. The van der Waals surface area contributed by atoms with Crippen molar-refractivity contribution in [3.05, 3.63) is 52.0 Å². The van der Waals surface area contributed by atoms with Crippen LogP contribution in [0.4, 0.5) is 0 Å². The van der Waals surface area contributed by atoms with Crippen LogP contribution in [0.1, 0.15) is 60.9 Å². The van der Waals surface area contributed by atoms with E-state index < -0.39 is 6.10 Å². The molecule has 112 valence electrons. The number of aromatic nitrogens is 1. The molecule has 1 aliphatic carbocycles. The maximum atomic E-state index is 10.3.